The van der Waals surface area contributed by atoms with Crippen LogP contribution in [0.1, 0.15) is 71.1 Å². The Bertz CT molecular complexity index is 865. The third-order valence-corrected chi connectivity index (χ3v) is 6.16. The lowest BCUT2D eigenvalue weighted by molar-refractivity contribution is 0.294. The molecule has 178 valence electrons. The van der Waals surface area contributed by atoms with Gasteiger partial charge in [-0.1, -0.05) is 88.3 Å². The van der Waals surface area contributed by atoms with E-state index >= 15 is 0 Å². The van der Waals surface area contributed by atoms with Gasteiger partial charge < -0.3 is 9.47 Å². The number of ether oxygens (including phenoxy) is 2. The van der Waals surface area contributed by atoms with Gasteiger partial charge in [0.1, 0.15) is 11.5 Å². The van der Waals surface area contributed by atoms with E-state index in [0.717, 1.165) is 29.0 Å². The van der Waals surface area contributed by atoms with Crippen molar-refractivity contribution < 1.29 is 22.4 Å². The third-order valence-electron chi connectivity index (χ3n) is 5.36. The van der Waals surface area contributed by atoms with E-state index < -0.39 is 10.1 Å². The molecular formula is C26H38O5S. The molecule has 0 saturated carbocycles. The minimum Gasteiger partial charge on any atom is -0.493 e. The van der Waals surface area contributed by atoms with E-state index in [2.05, 4.69) is 6.92 Å². The van der Waals surface area contributed by atoms with Crippen LogP contribution in [0.2, 0.25) is 0 Å². The van der Waals surface area contributed by atoms with Crippen molar-refractivity contribution in [3.05, 3.63) is 48.5 Å². The molecule has 0 amide bonds. The average Bonchev–Trinajstić information content (AvgIpc) is 2.77. The second-order valence-corrected chi connectivity index (χ2v) is 9.73. The zero-order valence-electron chi connectivity index (χ0n) is 19.3. The predicted molar refractivity (Wildman–Crippen MR) is 131 cm³/mol. The number of hydrogen-bond acceptors (Lipinski definition) is 4. The summed E-state index contributed by atoms with van der Waals surface area (Å²) in [5, 5.41) is 0. The minimum atomic E-state index is -3.93. The Morgan fingerprint density at radius 3 is 1.78 bits per heavy atom. The van der Waals surface area contributed by atoms with Gasteiger partial charge in [0.2, 0.25) is 0 Å². The first-order valence-corrected chi connectivity index (χ1v) is 13.5. The molecule has 0 aliphatic heterocycles. The normalized spacial score (nSPS) is 11.4. The van der Waals surface area contributed by atoms with E-state index in [1.165, 1.54) is 44.9 Å². The fraction of sp³-hybridized carbons (Fsp3) is 0.538. The predicted octanol–water partition coefficient (Wildman–Crippen LogP) is 6.92. The van der Waals surface area contributed by atoms with Crippen molar-refractivity contribution in [2.45, 2.75) is 71.1 Å². The van der Waals surface area contributed by atoms with Gasteiger partial charge in [-0.05, 0) is 37.0 Å². The molecule has 0 saturated heterocycles. The molecule has 0 aliphatic carbocycles. The molecule has 2 rings (SSSR count). The molecule has 0 bridgehead atoms. The average molecular weight is 463 g/mol. The molecule has 32 heavy (non-hydrogen) atoms. The molecule has 0 heterocycles. The summed E-state index contributed by atoms with van der Waals surface area (Å²) in [4.78, 5) is 0. The molecule has 6 heteroatoms. The lowest BCUT2D eigenvalue weighted by Crippen LogP contribution is -2.07. The summed E-state index contributed by atoms with van der Waals surface area (Å²) in [6.45, 7) is 3.29. The monoisotopic (exact) mass is 462 g/mol. The number of benzene rings is 2. The van der Waals surface area contributed by atoms with E-state index in [9.17, 15) is 8.42 Å². The maximum absolute atomic E-state index is 10.9. The number of unbranched alkanes of at least 4 members (excludes halogenated alkanes) is 8. The second kappa shape index (κ2) is 14.9. The van der Waals surface area contributed by atoms with Crippen LogP contribution in [0.15, 0.2) is 48.5 Å². The fourth-order valence-corrected chi connectivity index (χ4v) is 4.20. The highest BCUT2D eigenvalue weighted by molar-refractivity contribution is 7.85. The van der Waals surface area contributed by atoms with Crippen LogP contribution >= 0.6 is 0 Å². The van der Waals surface area contributed by atoms with Gasteiger partial charge in [0.05, 0.1) is 24.5 Å². The lowest BCUT2D eigenvalue weighted by atomic mass is 10.0. The molecule has 0 radical (unpaired) electrons. The maximum atomic E-state index is 10.9. The zero-order valence-corrected chi connectivity index (χ0v) is 20.1. The van der Waals surface area contributed by atoms with Gasteiger partial charge in [0, 0.05) is 0 Å². The Hall–Kier alpha value is -2.05. The number of hydrogen-bond donors (Lipinski definition) is 1. The Morgan fingerprint density at radius 2 is 1.22 bits per heavy atom. The van der Waals surface area contributed by atoms with Gasteiger partial charge in [0.25, 0.3) is 10.1 Å². The third kappa shape index (κ3) is 10.5. The Morgan fingerprint density at radius 1 is 0.688 bits per heavy atom. The summed E-state index contributed by atoms with van der Waals surface area (Å²) in [6, 6.07) is 15.8. The van der Waals surface area contributed by atoms with E-state index in [0.29, 0.717) is 26.1 Å². The molecule has 0 aromatic heterocycles. The summed E-state index contributed by atoms with van der Waals surface area (Å²) in [6.07, 6.45) is 11.0. The summed E-state index contributed by atoms with van der Waals surface area (Å²) in [5.41, 5.74) is 1.94. The van der Waals surface area contributed by atoms with Gasteiger partial charge in [-0.2, -0.15) is 8.42 Å². The SMILES string of the molecule is CCCCCCCCCCOc1cccc(OCCCCS(=O)(=O)O)c1-c1ccccc1. The van der Waals surface area contributed by atoms with Crippen LogP contribution in [0.5, 0.6) is 11.5 Å². The van der Waals surface area contributed by atoms with Crippen LogP contribution in [0, 0.1) is 0 Å². The smallest absolute Gasteiger partial charge is 0.264 e. The van der Waals surface area contributed by atoms with Crippen molar-refractivity contribution in [1.29, 1.82) is 0 Å². The summed E-state index contributed by atoms with van der Waals surface area (Å²) < 4.78 is 42.7. The molecule has 2 aromatic rings. The Labute approximate surface area is 193 Å². The highest BCUT2D eigenvalue weighted by Gasteiger charge is 2.13. The summed E-state index contributed by atoms with van der Waals surface area (Å²) in [5.74, 6) is 1.27. The number of rotatable bonds is 17. The van der Waals surface area contributed by atoms with Gasteiger partial charge >= 0.3 is 0 Å². The highest BCUT2D eigenvalue weighted by Crippen LogP contribution is 2.38. The first-order chi connectivity index (χ1) is 15.5. The zero-order chi connectivity index (χ0) is 23.1. The van der Waals surface area contributed by atoms with Crippen molar-refractivity contribution in [1.82, 2.24) is 0 Å². The molecule has 2 aromatic carbocycles. The molecule has 0 fully saturated rings. The van der Waals surface area contributed by atoms with Crippen molar-refractivity contribution in [2.75, 3.05) is 19.0 Å². The fourth-order valence-electron chi connectivity index (χ4n) is 3.63. The Balaban J connectivity index is 1.91. The van der Waals surface area contributed by atoms with Crippen LogP contribution in [-0.2, 0) is 10.1 Å². The van der Waals surface area contributed by atoms with Crippen molar-refractivity contribution >= 4 is 10.1 Å². The van der Waals surface area contributed by atoms with Crippen molar-refractivity contribution in [3.8, 4) is 22.6 Å². The standard InChI is InChI=1S/C26H38O5S/c1-2-3-4-5-6-7-8-12-20-30-24-18-15-19-25(26(24)23-16-10-9-11-17-23)31-21-13-14-22-32(27,28)29/h9-11,15-19H,2-8,12-14,20-22H2,1H3,(H,27,28,29). The molecule has 0 atom stereocenters. The molecule has 0 aliphatic rings. The second-order valence-electron chi connectivity index (χ2n) is 8.16. The van der Waals surface area contributed by atoms with Crippen LogP contribution in [0.4, 0.5) is 0 Å². The van der Waals surface area contributed by atoms with Crippen molar-refractivity contribution in [3.63, 3.8) is 0 Å². The van der Waals surface area contributed by atoms with Crippen molar-refractivity contribution in [2.24, 2.45) is 0 Å². The topological polar surface area (TPSA) is 72.8 Å². The first kappa shape index (κ1) is 26.2. The van der Waals surface area contributed by atoms with Crippen LogP contribution in [-0.4, -0.2) is 31.9 Å². The maximum Gasteiger partial charge on any atom is 0.264 e. The molecule has 0 unspecified atom stereocenters. The minimum absolute atomic E-state index is 0.246. The quantitative estimate of drug-likeness (QED) is 0.204. The van der Waals surface area contributed by atoms with Gasteiger partial charge in [0.15, 0.2) is 0 Å². The van der Waals surface area contributed by atoms with E-state index in [-0.39, 0.29) is 5.75 Å². The molecular weight excluding hydrogens is 424 g/mol. The van der Waals surface area contributed by atoms with Crippen LogP contribution in [0.3, 0.4) is 0 Å². The molecule has 5 nitrogen and oxygen atoms in total. The first-order valence-electron chi connectivity index (χ1n) is 11.9. The lowest BCUT2D eigenvalue weighted by Gasteiger charge is -2.17. The van der Waals surface area contributed by atoms with E-state index in [1.807, 2.05) is 48.5 Å². The summed E-state index contributed by atoms with van der Waals surface area (Å²) in [7, 11) is -3.93. The van der Waals surface area contributed by atoms with Gasteiger partial charge in [-0.25, -0.2) is 0 Å². The molecule has 1 N–H and O–H groups in total. The molecule has 0 spiro atoms. The van der Waals surface area contributed by atoms with E-state index in [1.54, 1.807) is 0 Å². The van der Waals surface area contributed by atoms with Crippen LogP contribution in [0.25, 0.3) is 11.1 Å². The van der Waals surface area contributed by atoms with Gasteiger partial charge in [-0.3, -0.25) is 4.55 Å². The Kier molecular flexibility index (Phi) is 12.2. The van der Waals surface area contributed by atoms with Crippen LogP contribution < -0.4 is 9.47 Å². The van der Waals surface area contributed by atoms with E-state index in [4.69, 9.17) is 14.0 Å². The van der Waals surface area contributed by atoms with Gasteiger partial charge in [-0.15, -0.1) is 0 Å². The largest absolute Gasteiger partial charge is 0.493 e. The highest BCUT2D eigenvalue weighted by atomic mass is 32.2. The summed E-state index contributed by atoms with van der Waals surface area (Å²) >= 11 is 0.